The van der Waals surface area contributed by atoms with Crippen molar-refractivity contribution < 1.29 is 19.8 Å². The number of carbonyl (C=O) groups excluding carboxylic acids is 1. The maximum atomic E-state index is 11.2. The molecule has 0 saturated heterocycles. The molecule has 0 aromatic rings. The highest BCUT2D eigenvalue weighted by Crippen LogP contribution is 1.98. The Bertz CT molecular complexity index is 220. The third-order valence-electron chi connectivity index (χ3n) is 1.92. The van der Waals surface area contributed by atoms with Gasteiger partial charge in [0.15, 0.2) is 0 Å². The van der Waals surface area contributed by atoms with Crippen molar-refractivity contribution in [2.45, 2.75) is 38.3 Å². The van der Waals surface area contributed by atoms with Crippen molar-refractivity contribution in [3.63, 3.8) is 0 Å². The number of aliphatic carboxylic acids is 1. The molecule has 88 valence electrons. The molecule has 1 amide bonds. The topological polar surface area (TPSA) is 113 Å². The highest BCUT2D eigenvalue weighted by Gasteiger charge is 2.19. The van der Waals surface area contributed by atoms with Crippen LogP contribution in [0, 0.1) is 0 Å². The predicted octanol–water partition coefficient (Wildman–Crippen LogP) is -0.934. The van der Waals surface area contributed by atoms with E-state index in [1.165, 1.54) is 0 Å². The summed E-state index contributed by atoms with van der Waals surface area (Å²) in [4.78, 5) is 21.7. The molecule has 0 heterocycles. The number of hydrogen-bond donors (Lipinski definition) is 4. The summed E-state index contributed by atoms with van der Waals surface area (Å²) in [7, 11) is 0. The van der Waals surface area contributed by atoms with Crippen molar-refractivity contribution in [3.8, 4) is 0 Å². The Hall–Kier alpha value is -1.14. The standard InChI is InChI=1S/C9H18N2O4/c1-2-3-6(10)4-8(13)11-7(5-12)9(14)15/h6-7,12H,2-5,10H2,1H3,(H,11,13)(H,14,15). The Morgan fingerprint density at radius 1 is 1.47 bits per heavy atom. The van der Waals surface area contributed by atoms with E-state index in [1.807, 2.05) is 6.92 Å². The molecule has 0 aliphatic heterocycles. The molecular formula is C9H18N2O4. The number of aliphatic hydroxyl groups excluding tert-OH is 1. The maximum Gasteiger partial charge on any atom is 0.328 e. The van der Waals surface area contributed by atoms with Crippen LogP contribution in [0.3, 0.4) is 0 Å². The molecule has 0 fully saturated rings. The second-order valence-corrected chi connectivity index (χ2v) is 3.39. The molecule has 6 heteroatoms. The highest BCUT2D eigenvalue weighted by molar-refractivity contribution is 5.83. The van der Waals surface area contributed by atoms with Crippen LogP contribution in [0.2, 0.25) is 0 Å². The minimum Gasteiger partial charge on any atom is -0.480 e. The largest absolute Gasteiger partial charge is 0.480 e. The zero-order chi connectivity index (χ0) is 11.8. The number of nitrogens with one attached hydrogen (secondary N) is 1. The van der Waals surface area contributed by atoms with Crippen LogP contribution < -0.4 is 11.1 Å². The van der Waals surface area contributed by atoms with Gasteiger partial charge in [-0.25, -0.2) is 4.79 Å². The lowest BCUT2D eigenvalue weighted by molar-refractivity contribution is -0.143. The van der Waals surface area contributed by atoms with E-state index in [1.54, 1.807) is 0 Å². The summed E-state index contributed by atoms with van der Waals surface area (Å²) in [6, 6.07) is -1.51. The van der Waals surface area contributed by atoms with Gasteiger partial charge in [0.2, 0.25) is 5.91 Å². The average molecular weight is 218 g/mol. The first-order chi connectivity index (χ1) is 7.01. The Kier molecular flexibility index (Phi) is 6.64. The van der Waals surface area contributed by atoms with Gasteiger partial charge in [-0.3, -0.25) is 4.79 Å². The molecule has 0 aliphatic carbocycles. The molecule has 15 heavy (non-hydrogen) atoms. The summed E-state index contributed by atoms with van der Waals surface area (Å²) in [5.74, 6) is -1.70. The van der Waals surface area contributed by atoms with Gasteiger partial charge in [0.1, 0.15) is 6.04 Å². The summed E-state index contributed by atoms with van der Waals surface area (Å²) in [5, 5.41) is 19.4. The van der Waals surface area contributed by atoms with Crippen LogP contribution in [0.4, 0.5) is 0 Å². The highest BCUT2D eigenvalue weighted by atomic mass is 16.4. The molecule has 5 N–H and O–H groups in total. The van der Waals surface area contributed by atoms with Crippen molar-refractivity contribution in [2.24, 2.45) is 5.73 Å². The molecular weight excluding hydrogens is 200 g/mol. The number of hydrogen-bond acceptors (Lipinski definition) is 4. The van der Waals surface area contributed by atoms with Crippen LogP contribution in [-0.2, 0) is 9.59 Å². The molecule has 0 aliphatic rings. The maximum absolute atomic E-state index is 11.2. The number of carboxylic acid groups (broad SMARTS) is 1. The van der Waals surface area contributed by atoms with Crippen LogP contribution in [0.25, 0.3) is 0 Å². The molecule has 0 rings (SSSR count). The van der Waals surface area contributed by atoms with E-state index < -0.39 is 24.5 Å². The molecule has 0 aromatic carbocycles. The molecule has 6 nitrogen and oxygen atoms in total. The van der Waals surface area contributed by atoms with Gasteiger partial charge in [0, 0.05) is 12.5 Å². The van der Waals surface area contributed by atoms with E-state index in [9.17, 15) is 9.59 Å². The molecule has 2 unspecified atom stereocenters. The smallest absolute Gasteiger partial charge is 0.328 e. The van der Waals surface area contributed by atoms with Gasteiger partial charge in [0.25, 0.3) is 0 Å². The van der Waals surface area contributed by atoms with E-state index in [2.05, 4.69) is 5.32 Å². The van der Waals surface area contributed by atoms with Crippen LogP contribution in [0.5, 0.6) is 0 Å². The third kappa shape index (κ3) is 6.03. The van der Waals surface area contributed by atoms with E-state index in [0.717, 1.165) is 6.42 Å². The lowest BCUT2D eigenvalue weighted by Crippen LogP contribution is -2.44. The molecule has 0 spiro atoms. The second-order valence-electron chi connectivity index (χ2n) is 3.39. The first kappa shape index (κ1) is 13.9. The third-order valence-corrected chi connectivity index (χ3v) is 1.92. The zero-order valence-electron chi connectivity index (χ0n) is 8.77. The first-order valence-corrected chi connectivity index (χ1v) is 4.89. The summed E-state index contributed by atoms with van der Waals surface area (Å²) in [6.45, 7) is 1.33. The van der Waals surface area contributed by atoms with Crippen LogP contribution in [0.1, 0.15) is 26.2 Å². The van der Waals surface area contributed by atoms with E-state index in [4.69, 9.17) is 15.9 Å². The van der Waals surface area contributed by atoms with Crippen molar-refractivity contribution in [2.75, 3.05) is 6.61 Å². The molecule has 0 radical (unpaired) electrons. The van der Waals surface area contributed by atoms with Gasteiger partial charge in [-0.15, -0.1) is 0 Å². The number of amides is 1. The fourth-order valence-electron chi connectivity index (χ4n) is 1.15. The van der Waals surface area contributed by atoms with Crippen molar-refractivity contribution >= 4 is 11.9 Å². The minimum atomic E-state index is -1.25. The lowest BCUT2D eigenvalue weighted by atomic mass is 10.1. The van der Waals surface area contributed by atoms with Gasteiger partial charge < -0.3 is 21.3 Å². The lowest BCUT2D eigenvalue weighted by Gasteiger charge is -2.14. The predicted molar refractivity (Wildman–Crippen MR) is 54.2 cm³/mol. The van der Waals surface area contributed by atoms with Crippen LogP contribution in [-0.4, -0.2) is 40.8 Å². The summed E-state index contributed by atoms with van der Waals surface area (Å²) in [6.07, 6.45) is 1.67. The number of carbonyl (C=O) groups is 2. The van der Waals surface area contributed by atoms with Gasteiger partial charge >= 0.3 is 5.97 Å². The van der Waals surface area contributed by atoms with E-state index >= 15 is 0 Å². The Balaban J connectivity index is 3.96. The monoisotopic (exact) mass is 218 g/mol. The zero-order valence-corrected chi connectivity index (χ0v) is 8.77. The summed E-state index contributed by atoms with van der Waals surface area (Å²) < 4.78 is 0. The Morgan fingerprint density at radius 3 is 2.47 bits per heavy atom. The number of nitrogens with two attached hydrogens (primary N) is 1. The van der Waals surface area contributed by atoms with E-state index in [0.29, 0.717) is 6.42 Å². The van der Waals surface area contributed by atoms with E-state index in [-0.39, 0.29) is 12.5 Å². The minimum absolute atomic E-state index is 0.0810. The Morgan fingerprint density at radius 2 is 2.07 bits per heavy atom. The molecule has 0 aromatic heterocycles. The van der Waals surface area contributed by atoms with Gasteiger partial charge in [-0.05, 0) is 6.42 Å². The number of aliphatic hydroxyl groups is 1. The first-order valence-electron chi connectivity index (χ1n) is 4.89. The second kappa shape index (κ2) is 7.19. The fourth-order valence-corrected chi connectivity index (χ4v) is 1.15. The van der Waals surface area contributed by atoms with Gasteiger partial charge in [-0.1, -0.05) is 13.3 Å². The van der Waals surface area contributed by atoms with Crippen molar-refractivity contribution in [1.29, 1.82) is 0 Å². The quantitative estimate of drug-likeness (QED) is 0.441. The van der Waals surface area contributed by atoms with Crippen LogP contribution in [0.15, 0.2) is 0 Å². The van der Waals surface area contributed by atoms with Crippen molar-refractivity contribution in [3.05, 3.63) is 0 Å². The number of rotatable bonds is 7. The molecule has 0 bridgehead atoms. The average Bonchev–Trinajstić information content (AvgIpc) is 2.13. The normalized spacial score (nSPS) is 14.3. The number of carboxylic acids is 1. The van der Waals surface area contributed by atoms with Gasteiger partial charge in [0.05, 0.1) is 6.61 Å². The van der Waals surface area contributed by atoms with Crippen molar-refractivity contribution in [1.82, 2.24) is 5.32 Å². The molecule has 2 atom stereocenters. The van der Waals surface area contributed by atoms with Gasteiger partial charge in [-0.2, -0.15) is 0 Å². The molecule has 0 saturated carbocycles. The SMILES string of the molecule is CCCC(N)CC(=O)NC(CO)C(=O)O. The fraction of sp³-hybridized carbons (Fsp3) is 0.778. The Labute approximate surface area is 88.5 Å². The van der Waals surface area contributed by atoms with Crippen LogP contribution >= 0.6 is 0 Å². The summed E-state index contributed by atoms with van der Waals surface area (Å²) in [5.41, 5.74) is 5.61. The summed E-state index contributed by atoms with van der Waals surface area (Å²) >= 11 is 0.